The van der Waals surface area contributed by atoms with E-state index >= 15 is 0 Å². The number of esters is 1. The third kappa shape index (κ3) is 39.8. The first-order valence-corrected chi connectivity index (χ1v) is 19.8. The monoisotopic (exact) mass is 851 g/mol. The van der Waals surface area contributed by atoms with E-state index in [1.807, 2.05) is 30.3 Å². The Bertz CT molecular complexity index is 1130. The lowest BCUT2D eigenvalue weighted by molar-refractivity contribution is -0.151. The Balaban J connectivity index is 1.64. The Morgan fingerprint density at radius 1 is 0.407 bits per heavy atom. The Morgan fingerprint density at radius 2 is 0.729 bits per heavy atom. The Morgan fingerprint density at radius 3 is 1.07 bits per heavy atom. The molecule has 20 heteroatoms. The number of Topliss-reactive ketones (excluding diaryl/α,β-unsaturated/α-hetero) is 1. The van der Waals surface area contributed by atoms with Crippen molar-refractivity contribution >= 4 is 23.8 Å². The number of hydrogen-bond donors (Lipinski definition) is 2. The SMILES string of the molecule is O=C(CCC(=O)C(=O)O)OCCOCCOCCOCCOCCOCCOCCOCCOCCOCCOCCOCCOCCNC(=O)OCc1ccccc1. The number of aliphatic carboxylic acids is 1. The van der Waals surface area contributed by atoms with Gasteiger partial charge in [-0.1, -0.05) is 30.3 Å². The summed E-state index contributed by atoms with van der Waals surface area (Å²) < 4.78 is 75.2. The van der Waals surface area contributed by atoms with Crippen molar-refractivity contribution in [3.8, 4) is 0 Å². The molecule has 59 heavy (non-hydrogen) atoms. The summed E-state index contributed by atoms with van der Waals surface area (Å²) in [7, 11) is 0. The standard InChI is InChI=1S/C39H65NO19/c41-36(38(43)44)6-7-37(42)58-33-32-57-31-30-56-29-28-55-27-26-54-25-24-53-23-22-52-21-20-51-19-18-50-17-16-49-15-14-48-13-12-47-11-10-46-9-8-40-39(45)59-34-35-4-2-1-3-5-35/h1-5H,6-34H2,(H,40,45)(H,43,44). The fourth-order valence-electron chi connectivity index (χ4n) is 4.13. The van der Waals surface area contributed by atoms with Crippen molar-refractivity contribution in [1.29, 1.82) is 0 Å². The average Bonchev–Trinajstić information content (AvgIpc) is 3.24. The van der Waals surface area contributed by atoms with Crippen LogP contribution in [0.15, 0.2) is 30.3 Å². The molecule has 0 spiro atoms. The van der Waals surface area contributed by atoms with Crippen LogP contribution in [-0.4, -0.2) is 201 Å². The summed E-state index contributed by atoms with van der Waals surface area (Å²) in [5.41, 5.74) is 0.928. The van der Waals surface area contributed by atoms with Gasteiger partial charge in [-0.05, 0) is 5.56 Å². The highest BCUT2D eigenvalue weighted by molar-refractivity contribution is 6.32. The number of ketones is 1. The van der Waals surface area contributed by atoms with Gasteiger partial charge in [0.25, 0.3) is 0 Å². The van der Waals surface area contributed by atoms with E-state index in [1.165, 1.54) is 0 Å². The predicted molar refractivity (Wildman–Crippen MR) is 207 cm³/mol. The number of amides is 1. The van der Waals surface area contributed by atoms with Crippen LogP contribution in [0, 0.1) is 0 Å². The number of ether oxygens (including phenoxy) is 14. The molecular weight excluding hydrogens is 786 g/mol. The normalized spacial score (nSPS) is 11.1. The van der Waals surface area contributed by atoms with Crippen LogP contribution in [-0.2, 0) is 87.3 Å². The molecule has 0 heterocycles. The van der Waals surface area contributed by atoms with Crippen molar-refractivity contribution in [3.05, 3.63) is 35.9 Å². The quantitative estimate of drug-likeness (QED) is 0.0532. The maximum absolute atomic E-state index is 11.7. The molecular formula is C39H65NO19. The third-order valence-electron chi connectivity index (χ3n) is 7.11. The van der Waals surface area contributed by atoms with Crippen molar-refractivity contribution in [3.63, 3.8) is 0 Å². The molecule has 0 bridgehead atoms. The third-order valence-corrected chi connectivity index (χ3v) is 7.11. The molecule has 2 N–H and O–H groups in total. The van der Waals surface area contributed by atoms with Gasteiger partial charge in [0.1, 0.15) is 13.2 Å². The number of carbonyl (C=O) groups excluding carboxylic acids is 3. The summed E-state index contributed by atoms with van der Waals surface area (Å²) in [6, 6.07) is 9.47. The number of nitrogens with one attached hydrogen (secondary N) is 1. The van der Waals surface area contributed by atoms with Gasteiger partial charge in [0.05, 0.1) is 165 Å². The van der Waals surface area contributed by atoms with Gasteiger partial charge in [-0.2, -0.15) is 0 Å². The van der Waals surface area contributed by atoms with Crippen LogP contribution in [0.4, 0.5) is 4.79 Å². The van der Waals surface area contributed by atoms with Gasteiger partial charge in [0, 0.05) is 13.0 Å². The molecule has 0 unspecified atom stereocenters. The molecule has 0 aliphatic rings. The van der Waals surface area contributed by atoms with Crippen LogP contribution in [0.5, 0.6) is 0 Å². The number of rotatable bonds is 45. The van der Waals surface area contributed by atoms with Crippen LogP contribution >= 0.6 is 0 Å². The molecule has 1 amide bonds. The van der Waals surface area contributed by atoms with E-state index in [2.05, 4.69) is 5.32 Å². The summed E-state index contributed by atoms with van der Waals surface area (Å²) >= 11 is 0. The highest BCUT2D eigenvalue weighted by atomic mass is 16.6. The Kier molecular flexibility index (Phi) is 38.9. The molecule has 1 aromatic rings. The average molecular weight is 852 g/mol. The lowest BCUT2D eigenvalue weighted by atomic mass is 10.2. The van der Waals surface area contributed by atoms with Crippen molar-refractivity contribution in [2.24, 2.45) is 0 Å². The summed E-state index contributed by atoms with van der Waals surface area (Å²) in [6.07, 6.45) is -1.15. The number of carbonyl (C=O) groups is 4. The number of alkyl carbamates (subject to hydrolysis) is 1. The summed E-state index contributed by atoms with van der Waals surface area (Å²) in [5.74, 6) is -3.25. The summed E-state index contributed by atoms with van der Waals surface area (Å²) in [6.45, 7) is 10.7. The first-order chi connectivity index (χ1) is 29.0. The van der Waals surface area contributed by atoms with Gasteiger partial charge >= 0.3 is 18.0 Å². The molecule has 0 saturated heterocycles. The Labute approximate surface area is 346 Å². The molecule has 0 aliphatic carbocycles. The van der Waals surface area contributed by atoms with Gasteiger partial charge < -0.3 is 76.7 Å². The molecule has 0 aliphatic heterocycles. The zero-order valence-corrected chi connectivity index (χ0v) is 34.2. The van der Waals surface area contributed by atoms with Gasteiger partial charge in [-0.15, -0.1) is 0 Å². The lowest BCUT2D eigenvalue weighted by Crippen LogP contribution is -2.28. The highest BCUT2D eigenvalue weighted by Crippen LogP contribution is 2.00. The molecule has 0 atom stereocenters. The van der Waals surface area contributed by atoms with E-state index in [-0.39, 0.29) is 26.2 Å². The lowest BCUT2D eigenvalue weighted by Gasteiger charge is -2.09. The minimum Gasteiger partial charge on any atom is -0.476 e. The maximum Gasteiger partial charge on any atom is 0.407 e. The zero-order chi connectivity index (χ0) is 42.5. The summed E-state index contributed by atoms with van der Waals surface area (Å²) in [5, 5.41) is 11.1. The molecule has 20 nitrogen and oxygen atoms in total. The van der Waals surface area contributed by atoms with Crippen LogP contribution in [0.2, 0.25) is 0 Å². The molecule has 0 fully saturated rings. The fraction of sp³-hybridized carbons (Fsp3) is 0.744. The maximum atomic E-state index is 11.7. The number of hydrogen-bond acceptors (Lipinski definition) is 18. The molecule has 0 saturated carbocycles. The molecule has 340 valence electrons. The van der Waals surface area contributed by atoms with Gasteiger partial charge in [0.15, 0.2) is 0 Å². The van der Waals surface area contributed by atoms with E-state index < -0.39 is 30.2 Å². The number of benzene rings is 1. The number of carboxylic acids is 1. The second-order valence-corrected chi connectivity index (χ2v) is 11.8. The van der Waals surface area contributed by atoms with E-state index in [0.29, 0.717) is 159 Å². The van der Waals surface area contributed by atoms with Gasteiger partial charge in [-0.3, -0.25) is 9.59 Å². The fourth-order valence-corrected chi connectivity index (χ4v) is 4.13. The van der Waals surface area contributed by atoms with Crippen molar-refractivity contribution in [2.45, 2.75) is 19.4 Å². The van der Waals surface area contributed by atoms with E-state index in [4.69, 9.17) is 71.4 Å². The minimum absolute atomic E-state index is 0.00687. The van der Waals surface area contributed by atoms with Gasteiger partial charge in [-0.25, -0.2) is 9.59 Å². The van der Waals surface area contributed by atoms with E-state index in [9.17, 15) is 19.2 Å². The second kappa shape index (κ2) is 42.7. The molecule has 0 radical (unpaired) electrons. The van der Waals surface area contributed by atoms with Crippen molar-refractivity contribution in [1.82, 2.24) is 5.32 Å². The number of carboxylic acid groups (broad SMARTS) is 1. The topological polar surface area (TPSA) is 230 Å². The largest absolute Gasteiger partial charge is 0.476 e. The van der Waals surface area contributed by atoms with E-state index in [0.717, 1.165) is 5.56 Å². The molecule has 1 aromatic carbocycles. The van der Waals surface area contributed by atoms with Crippen molar-refractivity contribution < 1.29 is 90.6 Å². The smallest absolute Gasteiger partial charge is 0.407 e. The van der Waals surface area contributed by atoms with Crippen LogP contribution in [0.1, 0.15) is 18.4 Å². The van der Waals surface area contributed by atoms with Crippen LogP contribution in [0.25, 0.3) is 0 Å². The molecule has 1 rings (SSSR count). The van der Waals surface area contributed by atoms with Crippen LogP contribution in [0.3, 0.4) is 0 Å². The highest BCUT2D eigenvalue weighted by Gasteiger charge is 2.14. The Hall–Kier alpha value is -3.38. The summed E-state index contributed by atoms with van der Waals surface area (Å²) in [4.78, 5) is 44.4. The second-order valence-electron chi connectivity index (χ2n) is 11.8. The molecule has 0 aromatic heterocycles. The minimum atomic E-state index is -1.57. The van der Waals surface area contributed by atoms with E-state index in [1.54, 1.807) is 0 Å². The van der Waals surface area contributed by atoms with Gasteiger partial charge in [0.2, 0.25) is 5.78 Å². The van der Waals surface area contributed by atoms with Crippen LogP contribution < -0.4 is 5.32 Å². The first kappa shape index (κ1) is 53.6. The first-order valence-electron chi connectivity index (χ1n) is 19.8. The zero-order valence-electron chi connectivity index (χ0n) is 34.2. The predicted octanol–water partition coefficient (Wildman–Crippen LogP) is 1.09. The van der Waals surface area contributed by atoms with Crippen molar-refractivity contribution in [2.75, 3.05) is 172 Å².